The molecule has 0 radical (unpaired) electrons. The van der Waals surface area contributed by atoms with Gasteiger partial charge in [-0.25, -0.2) is 0 Å². The maximum absolute atomic E-state index is 12.2. The molecule has 1 aliphatic rings. The molecule has 2 rings (SSSR count). The third kappa shape index (κ3) is 2.36. The van der Waals surface area contributed by atoms with Crippen molar-refractivity contribution in [1.29, 1.82) is 0 Å². The van der Waals surface area contributed by atoms with E-state index in [2.05, 4.69) is 11.8 Å². The highest BCUT2D eigenvalue weighted by Crippen LogP contribution is 2.39. The van der Waals surface area contributed by atoms with Crippen LogP contribution in [0.4, 0.5) is 0 Å². The van der Waals surface area contributed by atoms with E-state index in [1.807, 2.05) is 51.1 Å². The van der Waals surface area contributed by atoms with Crippen LogP contribution in [0.25, 0.3) is 0 Å². The molecule has 2 nitrogen and oxygen atoms in total. The standard InChI is InChI=1S/C15H18NO/c1-14(2)11-12-15(3,16(14)17)10-9-13-7-5-4-6-8-13/h4-8H,11-12H2,1-3H3/q-1. The van der Waals surface area contributed by atoms with Crippen molar-refractivity contribution >= 4 is 0 Å². The number of hydrogen-bond donors (Lipinski definition) is 0. The van der Waals surface area contributed by atoms with Crippen LogP contribution in [0.15, 0.2) is 30.3 Å². The zero-order chi connectivity index (χ0) is 12.5. The summed E-state index contributed by atoms with van der Waals surface area (Å²) in [5, 5.41) is 13.3. The van der Waals surface area contributed by atoms with Gasteiger partial charge in [0.2, 0.25) is 0 Å². The van der Waals surface area contributed by atoms with Crippen molar-refractivity contribution in [3.63, 3.8) is 0 Å². The Balaban J connectivity index is 2.23. The SMILES string of the molecule is CC1(C)CCC(C)(C#Cc2ccccc2)N1[O-]. The van der Waals surface area contributed by atoms with Gasteiger partial charge in [0.25, 0.3) is 0 Å². The van der Waals surface area contributed by atoms with Crippen LogP contribution < -0.4 is 0 Å². The van der Waals surface area contributed by atoms with Gasteiger partial charge in [-0.15, -0.1) is 0 Å². The molecule has 0 aliphatic carbocycles. The van der Waals surface area contributed by atoms with Crippen molar-refractivity contribution in [2.45, 2.75) is 44.7 Å². The molecule has 1 fully saturated rings. The van der Waals surface area contributed by atoms with Gasteiger partial charge >= 0.3 is 0 Å². The molecule has 90 valence electrons. The van der Waals surface area contributed by atoms with Gasteiger partial charge in [0.1, 0.15) is 0 Å². The first kappa shape index (κ1) is 12.2. The third-order valence-electron chi connectivity index (χ3n) is 3.47. The van der Waals surface area contributed by atoms with Crippen molar-refractivity contribution in [2.75, 3.05) is 0 Å². The van der Waals surface area contributed by atoms with Crippen molar-refractivity contribution in [2.24, 2.45) is 0 Å². The zero-order valence-electron chi connectivity index (χ0n) is 10.7. The summed E-state index contributed by atoms with van der Waals surface area (Å²) in [5.74, 6) is 6.25. The Morgan fingerprint density at radius 3 is 2.29 bits per heavy atom. The van der Waals surface area contributed by atoms with Gasteiger partial charge in [-0.05, 0) is 45.7 Å². The molecule has 1 aromatic carbocycles. The van der Waals surface area contributed by atoms with Gasteiger partial charge in [-0.1, -0.05) is 30.0 Å². The van der Waals surface area contributed by atoms with E-state index < -0.39 is 5.54 Å². The fourth-order valence-electron chi connectivity index (χ4n) is 2.26. The summed E-state index contributed by atoms with van der Waals surface area (Å²) >= 11 is 0. The average molecular weight is 228 g/mol. The summed E-state index contributed by atoms with van der Waals surface area (Å²) in [6, 6.07) is 9.81. The molecular formula is C15H18NO-. The van der Waals surface area contributed by atoms with Crippen molar-refractivity contribution in [3.8, 4) is 11.8 Å². The van der Waals surface area contributed by atoms with Crippen molar-refractivity contribution in [3.05, 3.63) is 41.1 Å². The Bertz CT molecular complexity index is 455. The number of benzene rings is 1. The Labute approximate surface area is 103 Å². The van der Waals surface area contributed by atoms with Gasteiger partial charge < -0.3 is 10.3 Å². The highest BCUT2D eigenvalue weighted by atomic mass is 16.5. The van der Waals surface area contributed by atoms with E-state index in [-0.39, 0.29) is 5.54 Å². The third-order valence-corrected chi connectivity index (χ3v) is 3.47. The monoisotopic (exact) mass is 228 g/mol. The van der Waals surface area contributed by atoms with E-state index in [4.69, 9.17) is 0 Å². The first-order valence-corrected chi connectivity index (χ1v) is 6.00. The van der Waals surface area contributed by atoms with E-state index in [0.29, 0.717) is 0 Å². The lowest BCUT2D eigenvalue weighted by Crippen LogP contribution is -2.44. The molecule has 1 saturated heterocycles. The van der Waals surface area contributed by atoms with Crippen LogP contribution in [-0.4, -0.2) is 16.1 Å². The van der Waals surface area contributed by atoms with E-state index >= 15 is 0 Å². The average Bonchev–Trinajstić information content (AvgIpc) is 2.53. The van der Waals surface area contributed by atoms with E-state index in [0.717, 1.165) is 23.5 Å². The van der Waals surface area contributed by atoms with E-state index in [1.165, 1.54) is 0 Å². The maximum atomic E-state index is 12.2. The Kier molecular flexibility index (Phi) is 2.99. The van der Waals surface area contributed by atoms with Gasteiger partial charge in [0, 0.05) is 11.1 Å². The number of rotatable bonds is 0. The molecular weight excluding hydrogens is 210 g/mol. The molecule has 0 saturated carbocycles. The molecule has 1 heterocycles. The topological polar surface area (TPSA) is 26.3 Å². The molecule has 17 heavy (non-hydrogen) atoms. The second-order valence-corrected chi connectivity index (χ2v) is 5.50. The van der Waals surface area contributed by atoms with E-state index in [9.17, 15) is 5.21 Å². The first-order chi connectivity index (χ1) is 7.94. The van der Waals surface area contributed by atoms with Crippen LogP contribution in [0.5, 0.6) is 0 Å². The van der Waals surface area contributed by atoms with E-state index in [1.54, 1.807) is 0 Å². The predicted molar refractivity (Wildman–Crippen MR) is 70.2 cm³/mol. The molecule has 1 atom stereocenters. The highest BCUT2D eigenvalue weighted by Gasteiger charge is 2.40. The molecule has 0 spiro atoms. The van der Waals surface area contributed by atoms with Gasteiger partial charge in [-0.3, -0.25) is 0 Å². The molecule has 1 aromatic rings. The predicted octanol–water partition coefficient (Wildman–Crippen LogP) is 3.17. The van der Waals surface area contributed by atoms with Crippen LogP contribution in [0.1, 0.15) is 39.2 Å². The summed E-state index contributed by atoms with van der Waals surface area (Å²) < 4.78 is 0. The molecule has 2 heteroatoms. The first-order valence-electron chi connectivity index (χ1n) is 6.00. The largest absolute Gasteiger partial charge is 0.784 e. The van der Waals surface area contributed by atoms with Crippen molar-refractivity contribution < 1.29 is 0 Å². The summed E-state index contributed by atoms with van der Waals surface area (Å²) in [6.07, 6.45) is 1.74. The summed E-state index contributed by atoms with van der Waals surface area (Å²) in [7, 11) is 0. The molecule has 1 unspecified atom stereocenters. The molecule has 0 N–H and O–H groups in total. The quantitative estimate of drug-likeness (QED) is 0.637. The summed E-state index contributed by atoms with van der Waals surface area (Å²) in [5.41, 5.74) is 0.131. The molecule has 0 amide bonds. The fourth-order valence-corrected chi connectivity index (χ4v) is 2.26. The minimum atomic E-state index is -0.542. The highest BCUT2D eigenvalue weighted by molar-refractivity contribution is 5.37. The number of hydrogen-bond acceptors (Lipinski definition) is 2. The molecule has 1 aliphatic heterocycles. The zero-order valence-corrected chi connectivity index (χ0v) is 10.7. The Morgan fingerprint density at radius 2 is 1.76 bits per heavy atom. The lowest BCUT2D eigenvalue weighted by atomic mass is 9.99. The second-order valence-electron chi connectivity index (χ2n) is 5.50. The second kappa shape index (κ2) is 4.18. The Morgan fingerprint density at radius 1 is 1.12 bits per heavy atom. The number of nitrogens with zero attached hydrogens (tertiary/aromatic N) is 1. The Hall–Kier alpha value is -1.30. The van der Waals surface area contributed by atoms with Crippen LogP contribution in [-0.2, 0) is 0 Å². The lowest BCUT2D eigenvalue weighted by molar-refractivity contribution is 0.171. The van der Waals surface area contributed by atoms with Gasteiger partial charge in [-0.2, -0.15) is 0 Å². The van der Waals surface area contributed by atoms with Crippen LogP contribution in [0.2, 0.25) is 0 Å². The summed E-state index contributed by atoms with van der Waals surface area (Å²) in [6.45, 7) is 5.90. The minimum absolute atomic E-state index is 0.292. The van der Waals surface area contributed by atoms with Crippen LogP contribution >= 0.6 is 0 Å². The smallest absolute Gasteiger partial charge is 0.0692 e. The lowest BCUT2D eigenvalue weighted by Gasteiger charge is -2.45. The molecule has 0 aromatic heterocycles. The minimum Gasteiger partial charge on any atom is -0.784 e. The fraction of sp³-hybridized carbons (Fsp3) is 0.467. The van der Waals surface area contributed by atoms with Gasteiger partial charge in [0.05, 0.1) is 5.54 Å². The molecule has 0 bridgehead atoms. The van der Waals surface area contributed by atoms with Crippen molar-refractivity contribution in [1.82, 2.24) is 5.06 Å². The van der Waals surface area contributed by atoms with Gasteiger partial charge in [0.15, 0.2) is 0 Å². The van der Waals surface area contributed by atoms with Crippen LogP contribution in [0.3, 0.4) is 0 Å². The number of hydroxylamine groups is 2. The normalized spacial score (nSPS) is 27.5. The maximum Gasteiger partial charge on any atom is 0.0692 e. The van der Waals surface area contributed by atoms with Crippen LogP contribution in [0, 0.1) is 17.0 Å². The summed E-state index contributed by atoms with van der Waals surface area (Å²) in [4.78, 5) is 0.